The lowest BCUT2D eigenvalue weighted by atomic mass is 10.2. The van der Waals surface area contributed by atoms with Gasteiger partial charge in [-0.05, 0) is 31.5 Å². The number of thiophene rings is 1. The smallest absolute Gasteiger partial charge is 0.266 e. The number of fused-ring (bicyclic) bond motifs is 1. The first-order valence-electron chi connectivity index (χ1n) is 6.46. The Kier molecular flexibility index (Phi) is 4.86. The van der Waals surface area contributed by atoms with Gasteiger partial charge in [0.05, 0.1) is 5.69 Å². The summed E-state index contributed by atoms with van der Waals surface area (Å²) in [4.78, 5) is 14.7. The van der Waals surface area contributed by atoms with Gasteiger partial charge in [0, 0.05) is 34.8 Å². The van der Waals surface area contributed by atoms with E-state index < -0.39 is 0 Å². The Labute approximate surface area is 126 Å². The van der Waals surface area contributed by atoms with Gasteiger partial charge >= 0.3 is 0 Å². The van der Waals surface area contributed by atoms with Crippen LogP contribution in [0, 0.1) is 0 Å². The van der Waals surface area contributed by atoms with E-state index in [1.165, 1.54) is 11.3 Å². The van der Waals surface area contributed by atoms with Crippen molar-refractivity contribution < 1.29 is 9.90 Å². The number of halogens is 1. The van der Waals surface area contributed by atoms with Crippen molar-refractivity contribution in [1.82, 2.24) is 4.90 Å². The summed E-state index contributed by atoms with van der Waals surface area (Å²) in [5.41, 5.74) is 6.59. The summed E-state index contributed by atoms with van der Waals surface area (Å²) in [6, 6.07) is 5.42. The van der Waals surface area contributed by atoms with Crippen LogP contribution in [0.2, 0.25) is 5.02 Å². The van der Waals surface area contributed by atoms with Crippen molar-refractivity contribution in [3.05, 3.63) is 28.1 Å². The maximum atomic E-state index is 12.5. The van der Waals surface area contributed by atoms with Gasteiger partial charge in [0.2, 0.25) is 0 Å². The van der Waals surface area contributed by atoms with Crippen LogP contribution >= 0.6 is 22.9 Å². The second-order valence-electron chi connectivity index (χ2n) is 4.45. The molecule has 1 heterocycles. The Morgan fingerprint density at radius 1 is 1.50 bits per heavy atom. The number of benzene rings is 1. The van der Waals surface area contributed by atoms with Gasteiger partial charge in [-0.1, -0.05) is 11.6 Å². The van der Waals surface area contributed by atoms with E-state index in [1.807, 2.05) is 19.1 Å². The van der Waals surface area contributed by atoms with Crippen molar-refractivity contribution >= 4 is 44.6 Å². The molecule has 0 bridgehead atoms. The van der Waals surface area contributed by atoms with Gasteiger partial charge in [-0.2, -0.15) is 0 Å². The molecular weight excluding hydrogens is 296 g/mol. The number of nitrogens with zero attached hydrogens (tertiary/aromatic N) is 1. The van der Waals surface area contributed by atoms with E-state index >= 15 is 0 Å². The monoisotopic (exact) mass is 312 g/mol. The number of hydrogen-bond donors (Lipinski definition) is 2. The van der Waals surface area contributed by atoms with Gasteiger partial charge in [0.25, 0.3) is 5.91 Å². The fourth-order valence-corrected chi connectivity index (χ4v) is 3.42. The lowest BCUT2D eigenvalue weighted by Gasteiger charge is -2.19. The highest BCUT2D eigenvalue weighted by Crippen LogP contribution is 2.35. The number of amides is 1. The molecule has 0 aliphatic rings. The van der Waals surface area contributed by atoms with Crippen molar-refractivity contribution in [2.24, 2.45) is 0 Å². The average Bonchev–Trinajstić information content (AvgIpc) is 2.76. The zero-order chi connectivity index (χ0) is 14.7. The largest absolute Gasteiger partial charge is 0.397 e. The van der Waals surface area contributed by atoms with E-state index in [-0.39, 0.29) is 12.5 Å². The number of aliphatic hydroxyl groups is 1. The molecule has 2 aromatic rings. The second-order valence-corrected chi connectivity index (χ2v) is 5.94. The molecule has 6 heteroatoms. The quantitative estimate of drug-likeness (QED) is 0.892. The minimum absolute atomic E-state index is 0.0707. The summed E-state index contributed by atoms with van der Waals surface area (Å²) in [7, 11) is 0. The molecular formula is C14H17ClN2O2S. The molecule has 0 unspecified atom stereocenters. The molecule has 0 radical (unpaired) electrons. The van der Waals surface area contributed by atoms with Crippen LogP contribution < -0.4 is 5.73 Å². The highest BCUT2D eigenvalue weighted by atomic mass is 35.5. The summed E-state index contributed by atoms with van der Waals surface area (Å²) in [5, 5.41) is 10.4. The number of nitrogen functional groups attached to an aromatic ring is 1. The molecule has 1 amide bonds. The summed E-state index contributed by atoms with van der Waals surface area (Å²) in [6.45, 7) is 3.10. The maximum absolute atomic E-state index is 12.5. The molecule has 0 aliphatic heterocycles. The third kappa shape index (κ3) is 2.90. The number of rotatable bonds is 5. The van der Waals surface area contributed by atoms with E-state index in [1.54, 1.807) is 11.0 Å². The minimum Gasteiger partial charge on any atom is -0.397 e. The van der Waals surface area contributed by atoms with Crippen molar-refractivity contribution in [3.63, 3.8) is 0 Å². The number of anilines is 1. The van der Waals surface area contributed by atoms with Crippen molar-refractivity contribution in [1.29, 1.82) is 0 Å². The second kappa shape index (κ2) is 6.43. The lowest BCUT2D eigenvalue weighted by Crippen LogP contribution is -2.32. The summed E-state index contributed by atoms with van der Waals surface area (Å²) in [5.74, 6) is -0.0872. The van der Waals surface area contributed by atoms with Crippen molar-refractivity contribution in [2.45, 2.75) is 13.3 Å². The van der Waals surface area contributed by atoms with Crippen LogP contribution in [0.3, 0.4) is 0 Å². The minimum atomic E-state index is -0.0872. The fraction of sp³-hybridized carbons (Fsp3) is 0.357. The van der Waals surface area contributed by atoms with Crippen LogP contribution in [0.4, 0.5) is 5.69 Å². The number of carbonyl (C=O) groups excluding carboxylic acids is 1. The molecule has 0 saturated heterocycles. The Morgan fingerprint density at radius 2 is 2.25 bits per heavy atom. The summed E-state index contributed by atoms with van der Waals surface area (Å²) in [6.07, 6.45) is 0.566. The van der Waals surface area contributed by atoms with Gasteiger partial charge in [-0.3, -0.25) is 4.79 Å². The predicted molar refractivity (Wildman–Crippen MR) is 84.5 cm³/mol. The molecule has 108 valence electrons. The normalized spacial score (nSPS) is 10.9. The average molecular weight is 313 g/mol. The summed E-state index contributed by atoms with van der Waals surface area (Å²) >= 11 is 7.32. The number of hydrogen-bond acceptors (Lipinski definition) is 4. The lowest BCUT2D eigenvalue weighted by molar-refractivity contribution is 0.0760. The molecule has 2 rings (SSSR count). The Hall–Kier alpha value is -1.30. The van der Waals surface area contributed by atoms with Gasteiger partial charge in [-0.25, -0.2) is 0 Å². The van der Waals surface area contributed by atoms with E-state index in [4.69, 9.17) is 22.4 Å². The molecule has 3 N–H and O–H groups in total. The first-order chi connectivity index (χ1) is 9.58. The molecule has 0 fully saturated rings. The first-order valence-corrected chi connectivity index (χ1v) is 7.65. The van der Waals surface area contributed by atoms with Crippen molar-refractivity contribution in [3.8, 4) is 0 Å². The Morgan fingerprint density at radius 3 is 2.90 bits per heavy atom. The number of nitrogens with two attached hydrogens (primary N) is 1. The van der Waals surface area contributed by atoms with E-state index in [9.17, 15) is 4.79 Å². The van der Waals surface area contributed by atoms with Gasteiger partial charge < -0.3 is 15.7 Å². The molecule has 20 heavy (non-hydrogen) atoms. The van der Waals surface area contributed by atoms with Crippen LogP contribution in [0.1, 0.15) is 23.0 Å². The van der Waals surface area contributed by atoms with Crippen LogP contribution in [0.25, 0.3) is 10.1 Å². The highest BCUT2D eigenvalue weighted by molar-refractivity contribution is 7.21. The zero-order valence-electron chi connectivity index (χ0n) is 11.2. The Bertz CT molecular complexity index is 627. The van der Waals surface area contributed by atoms with Crippen LogP contribution in [-0.2, 0) is 0 Å². The molecule has 0 saturated carbocycles. The summed E-state index contributed by atoms with van der Waals surface area (Å²) < 4.78 is 0.913. The molecule has 4 nitrogen and oxygen atoms in total. The van der Waals surface area contributed by atoms with Crippen LogP contribution in [0.5, 0.6) is 0 Å². The third-order valence-corrected chi connectivity index (χ3v) is 4.53. The van der Waals surface area contributed by atoms with Gasteiger partial charge in [-0.15, -0.1) is 11.3 Å². The zero-order valence-corrected chi connectivity index (χ0v) is 12.8. The number of carbonyl (C=O) groups is 1. The van der Waals surface area contributed by atoms with Crippen LogP contribution in [-0.4, -0.2) is 35.6 Å². The topological polar surface area (TPSA) is 66.6 Å². The van der Waals surface area contributed by atoms with E-state index in [0.29, 0.717) is 35.1 Å². The molecule has 0 aliphatic carbocycles. The first kappa shape index (κ1) is 15.1. The maximum Gasteiger partial charge on any atom is 0.266 e. The van der Waals surface area contributed by atoms with E-state index in [0.717, 1.165) is 10.1 Å². The number of aliphatic hydroxyl groups excluding tert-OH is 1. The SMILES string of the molecule is CCN(CCCO)C(=O)c1sc2cc(Cl)ccc2c1N. The third-order valence-electron chi connectivity index (χ3n) is 3.14. The van der Waals surface area contributed by atoms with E-state index in [2.05, 4.69) is 0 Å². The molecule has 0 spiro atoms. The van der Waals surface area contributed by atoms with Gasteiger partial charge in [0.15, 0.2) is 0 Å². The standard InChI is InChI=1S/C14H17ClN2O2S/c1-2-17(6-3-7-18)14(19)13-12(16)10-5-4-9(15)8-11(10)20-13/h4-5,8,18H,2-3,6-7,16H2,1H3. The fourth-order valence-electron chi connectivity index (χ4n) is 2.06. The van der Waals surface area contributed by atoms with Crippen LogP contribution in [0.15, 0.2) is 18.2 Å². The highest BCUT2D eigenvalue weighted by Gasteiger charge is 2.20. The molecule has 1 aromatic carbocycles. The predicted octanol–water partition coefficient (Wildman–Crippen LogP) is 2.98. The van der Waals surface area contributed by atoms with Crippen molar-refractivity contribution in [2.75, 3.05) is 25.4 Å². The molecule has 0 atom stereocenters. The Balaban J connectivity index is 2.36. The molecule has 1 aromatic heterocycles. The van der Waals surface area contributed by atoms with Gasteiger partial charge in [0.1, 0.15) is 4.88 Å².